The van der Waals surface area contributed by atoms with E-state index >= 15 is 0 Å². The van der Waals surface area contributed by atoms with Gasteiger partial charge in [0, 0.05) is 88.8 Å². The second-order valence-electron chi connectivity index (χ2n) is 22.1. The van der Waals surface area contributed by atoms with Crippen LogP contribution in [0.2, 0.25) is 0 Å². The fraction of sp³-hybridized carbons (Fsp3) is 0.257. The highest BCUT2D eigenvalue weighted by Crippen LogP contribution is 2.25. The van der Waals surface area contributed by atoms with Gasteiger partial charge in [0.05, 0.1) is 0 Å². The zero-order valence-electron chi connectivity index (χ0n) is 50.8. The van der Waals surface area contributed by atoms with Crippen LogP contribution < -0.4 is 22.8 Å². The van der Waals surface area contributed by atoms with Crippen LogP contribution in [0.25, 0.3) is 56.3 Å². The zero-order valence-corrected chi connectivity index (χ0v) is 50.8. The minimum absolute atomic E-state index is 0.202. The predicted molar refractivity (Wildman–Crippen MR) is 331 cm³/mol. The van der Waals surface area contributed by atoms with E-state index in [1.54, 1.807) is 22.9 Å². The van der Waals surface area contributed by atoms with Crippen molar-refractivity contribution in [2.24, 2.45) is 47.1 Å². The van der Waals surface area contributed by atoms with Gasteiger partial charge in [-0.2, -0.15) is 9.13 Å². The topological polar surface area (TPSA) is 19.4 Å². The van der Waals surface area contributed by atoms with Crippen molar-refractivity contribution in [2.45, 2.75) is 82.1 Å². The molecule has 0 fully saturated rings. The number of hydrogen-bond acceptors (Lipinski definition) is 0. The Bertz CT molecular complexity index is 3630. The Balaban J connectivity index is 0.000000163. The highest BCUT2D eigenvalue weighted by Gasteiger charge is 2.17. The largest absolute Gasteiger partial charge is 0.215 e. The monoisotopic (exact) mass is 1080 g/mol. The molecule has 416 valence electrons. The molecule has 10 rings (SSSR count). The van der Waals surface area contributed by atoms with Crippen LogP contribution in [0.1, 0.15) is 72.3 Å². The first-order valence-corrected chi connectivity index (χ1v) is 28.2. The van der Waals surface area contributed by atoms with Crippen LogP contribution in [0.5, 0.6) is 0 Å². The van der Waals surface area contributed by atoms with Gasteiger partial charge in [0.25, 0.3) is 0 Å². The van der Waals surface area contributed by atoms with Crippen LogP contribution in [0.15, 0.2) is 213 Å². The van der Waals surface area contributed by atoms with E-state index in [0.29, 0.717) is 11.8 Å². The van der Waals surface area contributed by atoms with E-state index in [0.717, 1.165) is 40.9 Å². The Morgan fingerprint density at radius 2 is 0.704 bits per heavy atom. The molecule has 7 heteroatoms. The Hall–Kier alpha value is -8.29. The minimum Gasteiger partial charge on any atom is -0.207 e. The van der Waals surface area contributed by atoms with Crippen molar-refractivity contribution < 1.29 is 31.6 Å². The van der Waals surface area contributed by atoms with E-state index in [9.17, 15) is 8.78 Å². The van der Waals surface area contributed by atoms with Crippen LogP contribution in [-0.2, 0) is 48.1 Å². The highest BCUT2D eigenvalue weighted by molar-refractivity contribution is 5.64. The molecule has 5 nitrogen and oxygen atoms in total. The number of rotatable bonds is 9. The lowest BCUT2D eigenvalue weighted by molar-refractivity contribution is -0.666. The summed E-state index contributed by atoms with van der Waals surface area (Å²) in [6.45, 7) is 21.7. The third kappa shape index (κ3) is 17.6. The van der Waals surface area contributed by atoms with E-state index in [4.69, 9.17) is 0 Å². The third-order valence-electron chi connectivity index (χ3n) is 14.5. The Morgan fingerprint density at radius 1 is 0.321 bits per heavy atom. The van der Waals surface area contributed by atoms with Gasteiger partial charge >= 0.3 is 0 Å². The van der Waals surface area contributed by atoms with E-state index in [2.05, 4.69) is 231 Å². The zero-order chi connectivity index (χ0) is 58.8. The Morgan fingerprint density at radius 3 is 1.14 bits per heavy atom. The van der Waals surface area contributed by atoms with Crippen molar-refractivity contribution in [3.8, 4) is 56.3 Å². The first-order chi connectivity index (χ1) is 38.7. The summed E-state index contributed by atoms with van der Waals surface area (Å²) in [5, 5.41) is 0. The molecule has 5 heterocycles. The number of aromatic nitrogens is 5. The Kier molecular flexibility index (Phi) is 22.8. The van der Waals surface area contributed by atoms with Gasteiger partial charge in [-0.3, -0.25) is 0 Å². The predicted octanol–water partition coefficient (Wildman–Crippen LogP) is 15.4. The van der Waals surface area contributed by atoms with Gasteiger partial charge in [0.2, 0.25) is 34.7 Å². The normalized spacial score (nSPS) is 10.6. The molecule has 0 spiro atoms. The summed E-state index contributed by atoms with van der Waals surface area (Å²) in [6.07, 6.45) is 9.92. The maximum atomic E-state index is 13.2. The second-order valence-corrected chi connectivity index (χ2v) is 22.1. The average Bonchev–Trinajstić information content (AvgIpc) is 3.43. The molecule has 0 amide bonds. The summed E-state index contributed by atoms with van der Waals surface area (Å²) in [4.78, 5) is 0. The molecule has 0 aliphatic heterocycles. The van der Waals surface area contributed by atoms with Crippen LogP contribution in [0, 0.1) is 65.0 Å². The Labute approximate surface area is 483 Å². The summed E-state index contributed by atoms with van der Waals surface area (Å²) < 4.78 is 36.5. The van der Waals surface area contributed by atoms with Crippen molar-refractivity contribution in [3.05, 3.63) is 269 Å². The van der Waals surface area contributed by atoms with E-state index in [1.165, 1.54) is 91.2 Å². The lowest BCUT2D eigenvalue weighted by Gasteiger charge is -2.08. The summed E-state index contributed by atoms with van der Waals surface area (Å²) in [5.74, 6) is 0.984. The molecule has 0 bridgehead atoms. The minimum atomic E-state index is -0.213. The lowest BCUT2D eigenvalue weighted by atomic mass is 9.99. The molecule has 10 aromatic rings. The number of pyridine rings is 5. The van der Waals surface area contributed by atoms with E-state index in [-0.39, 0.29) is 11.6 Å². The summed E-state index contributed by atoms with van der Waals surface area (Å²) in [5.41, 5.74) is 22.3. The molecular weight excluding hydrogens is 997 g/mol. The van der Waals surface area contributed by atoms with Crippen LogP contribution >= 0.6 is 0 Å². The van der Waals surface area contributed by atoms with Gasteiger partial charge < -0.3 is 0 Å². The quantitative estimate of drug-likeness (QED) is 0.128. The third-order valence-corrected chi connectivity index (χ3v) is 14.5. The van der Waals surface area contributed by atoms with Crippen LogP contribution in [0.3, 0.4) is 0 Å². The molecule has 5 aromatic heterocycles. The number of nitrogens with zero attached hydrogens (tertiary/aromatic N) is 5. The molecule has 0 unspecified atom stereocenters. The maximum Gasteiger partial charge on any atom is 0.215 e. The molecule has 0 N–H and O–H groups in total. The fourth-order valence-corrected chi connectivity index (χ4v) is 9.95. The molecule has 81 heavy (non-hydrogen) atoms. The summed E-state index contributed by atoms with van der Waals surface area (Å²) >= 11 is 0. The first kappa shape index (κ1) is 61.9. The van der Waals surface area contributed by atoms with Gasteiger partial charge in [-0.05, 0) is 141 Å². The summed E-state index contributed by atoms with van der Waals surface area (Å²) in [7, 11) is 10.1. The van der Waals surface area contributed by atoms with Crippen molar-refractivity contribution in [3.63, 3.8) is 0 Å². The maximum absolute atomic E-state index is 13.2. The second kappa shape index (κ2) is 29.8. The lowest BCUT2D eigenvalue weighted by Crippen LogP contribution is -2.34. The average molecular weight is 1080 g/mol. The number of halogens is 2. The SMILES string of the molecule is Cc1ccccc1-c1cc(CC(C)C)cc[n+]1C.Cc1ccccc1-c1cc(F)cc[n+]1C.Cc1ccccc1-c1ccc(CC(C)C)c[n+]1C.Cc1ccccc1-c1ccc(F)c[n+]1C.Cc1ccccc1-c1cccc(C)[n+]1C. The molecule has 0 atom stereocenters. The van der Waals surface area contributed by atoms with E-state index < -0.39 is 0 Å². The number of hydrogen-bond donors (Lipinski definition) is 0. The fourth-order valence-electron chi connectivity index (χ4n) is 9.95. The molecule has 0 saturated carbocycles. The molecule has 0 aliphatic rings. The molecule has 0 saturated heterocycles. The first-order valence-electron chi connectivity index (χ1n) is 28.2. The van der Waals surface area contributed by atoms with Crippen molar-refractivity contribution in [2.75, 3.05) is 0 Å². The smallest absolute Gasteiger partial charge is 0.207 e. The van der Waals surface area contributed by atoms with Gasteiger partial charge in [-0.1, -0.05) is 119 Å². The van der Waals surface area contributed by atoms with E-state index in [1.807, 2.05) is 68.1 Å². The van der Waals surface area contributed by atoms with Crippen molar-refractivity contribution in [1.29, 1.82) is 0 Å². The van der Waals surface area contributed by atoms with Crippen LogP contribution in [-0.4, -0.2) is 0 Å². The standard InChI is InChI=1S/2C17H22N.C14H16N.2C13H13FN/c1-13(2)11-15-9-10-18(4)17(12-15)16-8-6-5-7-14(16)3;1-13(2)11-15-9-10-17(18(4)12-15)16-8-6-5-7-14(16)3;1-11-7-4-5-9-13(11)14-10-6-8-12(2)15(14)3;1-10-5-3-4-6-12(10)13-9-11(14)7-8-15(13)2;1-10-5-3-4-6-12(10)13-8-7-11(14)9-15(13)2/h2*5-10,12-13H,11H2,1-4H3;4-10H,1-3H3;2*3-9H,1-2H3/q5*+1. The molecular formula is C74H86F2N5+5. The highest BCUT2D eigenvalue weighted by atomic mass is 19.1. The molecule has 0 aliphatic carbocycles. The summed E-state index contributed by atoms with van der Waals surface area (Å²) in [6, 6.07) is 63.4. The molecule has 5 aromatic carbocycles. The van der Waals surface area contributed by atoms with Gasteiger partial charge in [-0.25, -0.2) is 22.5 Å². The number of benzene rings is 5. The van der Waals surface area contributed by atoms with Crippen molar-refractivity contribution in [1.82, 2.24) is 0 Å². The van der Waals surface area contributed by atoms with Gasteiger partial charge in [-0.15, -0.1) is 0 Å². The molecule has 0 radical (unpaired) electrons. The van der Waals surface area contributed by atoms with Gasteiger partial charge in [0.1, 0.15) is 41.1 Å². The number of aryl methyl sites for hydroxylation is 10. The van der Waals surface area contributed by atoms with Gasteiger partial charge in [0.15, 0.2) is 30.1 Å². The van der Waals surface area contributed by atoms with Crippen LogP contribution in [0.4, 0.5) is 8.78 Å². The van der Waals surface area contributed by atoms with Crippen molar-refractivity contribution >= 4 is 0 Å².